The summed E-state index contributed by atoms with van der Waals surface area (Å²) in [6.45, 7) is 4.89. The molecule has 0 saturated carbocycles. The van der Waals surface area contributed by atoms with Gasteiger partial charge in [-0.25, -0.2) is 4.98 Å². The van der Waals surface area contributed by atoms with Crippen LogP contribution in [0.2, 0.25) is 0 Å². The summed E-state index contributed by atoms with van der Waals surface area (Å²) in [5.74, 6) is 0.743. The zero-order valence-corrected chi connectivity index (χ0v) is 12.5. The van der Waals surface area contributed by atoms with Gasteiger partial charge in [0.25, 0.3) is 5.56 Å². The van der Waals surface area contributed by atoms with Gasteiger partial charge in [-0.2, -0.15) is 0 Å². The van der Waals surface area contributed by atoms with Crippen LogP contribution in [0.1, 0.15) is 0 Å². The van der Waals surface area contributed by atoms with E-state index in [4.69, 9.17) is 0 Å². The van der Waals surface area contributed by atoms with Gasteiger partial charge in [0.2, 0.25) is 0 Å². The van der Waals surface area contributed by atoms with Gasteiger partial charge >= 0.3 is 0 Å². The van der Waals surface area contributed by atoms with Crippen molar-refractivity contribution >= 4 is 37.7 Å². The lowest BCUT2D eigenvalue weighted by Gasteiger charge is -2.35. The molecule has 0 bridgehead atoms. The van der Waals surface area contributed by atoms with Crippen molar-refractivity contribution in [3.63, 3.8) is 0 Å². The summed E-state index contributed by atoms with van der Waals surface area (Å²) in [4.78, 5) is 22.8. The van der Waals surface area contributed by atoms with Crippen LogP contribution in [0.4, 0.5) is 5.82 Å². The molecule has 0 radical (unpaired) electrons. The maximum Gasteiger partial charge on any atom is 0.267 e. The maximum absolute atomic E-state index is 11.5. The fraction of sp³-hybridized carbons (Fsp3) is 0.600. The summed E-state index contributed by atoms with van der Waals surface area (Å²) < 4.78 is 0.522. The van der Waals surface area contributed by atoms with E-state index in [9.17, 15) is 4.79 Å². The van der Waals surface area contributed by atoms with Crippen LogP contribution in [0.15, 0.2) is 15.6 Å². The fourth-order valence-electron chi connectivity index (χ4n) is 1.90. The van der Waals surface area contributed by atoms with E-state index in [0.717, 1.165) is 43.9 Å². The molecule has 5 nitrogen and oxygen atoms in total. The highest BCUT2D eigenvalue weighted by molar-refractivity contribution is 9.10. The average molecular weight is 366 g/mol. The first kappa shape index (κ1) is 13.0. The van der Waals surface area contributed by atoms with Gasteiger partial charge in [0.05, 0.1) is 6.33 Å². The SMILES string of the molecule is O=c1[nH]cnc(N2CCN(CCBr)CC2)c1Br. The molecular weight excluding hydrogens is 352 g/mol. The molecule has 0 atom stereocenters. The number of hydrogen-bond donors (Lipinski definition) is 1. The lowest BCUT2D eigenvalue weighted by molar-refractivity contribution is 0.273. The van der Waals surface area contributed by atoms with Gasteiger partial charge in [0.15, 0.2) is 0 Å². The number of nitrogens with zero attached hydrogens (tertiary/aromatic N) is 3. The highest BCUT2D eigenvalue weighted by atomic mass is 79.9. The number of H-pyrrole nitrogens is 1. The molecule has 1 fully saturated rings. The highest BCUT2D eigenvalue weighted by Crippen LogP contribution is 2.20. The Morgan fingerprint density at radius 3 is 2.71 bits per heavy atom. The second kappa shape index (κ2) is 5.97. The summed E-state index contributed by atoms with van der Waals surface area (Å²) in [6.07, 6.45) is 1.45. The van der Waals surface area contributed by atoms with Crippen LogP contribution in [-0.4, -0.2) is 52.9 Å². The number of hydrogen-bond acceptors (Lipinski definition) is 4. The first-order chi connectivity index (χ1) is 8.22. The molecule has 0 amide bonds. The zero-order valence-electron chi connectivity index (χ0n) is 9.33. The standard InChI is InChI=1S/C10H14Br2N4O/c11-1-2-15-3-5-16(6-4-15)9-8(12)10(17)14-7-13-9/h7H,1-6H2,(H,13,14,17). The Hall–Kier alpha value is -0.400. The first-order valence-electron chi connectivity index (χ1n) is 5.49. The molecule has 0 aliphatic carbocycles. The molecule has 2 rings (SSSR count). The molecule has 0 aromatic carbocycles. The number of halogens is 2. The summed E-state index contributed by atoms with van der Waals surface area (Å²) in [5, 5.41) is 1.000. The van der Waals surface area contributed by atoms with Crippen molar-refractivity contribution in [2.24, 2.45) is 0 Å². The van der Waals surface area contributed by atoms with Crippen molar-refractivity contribution in [2.45, 2.75) is 0 Å². The van der Waals surface area contributed by atoms with E-state index in [1.807, 2.05) is 0 Å². The van der Waals surface area contributed by atoms with E-state index >= 15 is 0 Å². The topological polar surface area (TPSA) is 52.2 Å². The zero-order chi connectivity index (χ0) is 12.3. The summed E-state index contributed by atoms with van der Waals surface area (Å²) in [5.41, 5.74) is -0.127. The van der Waals surface area contributed by atoms with Crippen LogP contribution < -0.4 is 10.5 Å². The minimum Gasteiger partial charge on any atom is -0.353 e. The van der Waals surface area contributed by atoms with Crippen molar-refractivity contribution in [3.8, 4) is 0 Å². The molecule has 0 spiro atoms. The largest absolute Gasteiger partial charge is 0.353 e. The van der Waals surface area contributed by atoms with Crippen LogP contribution >= 0.6 is 31.9 Å². The molecule has 0 unspecified atom stereocenters. The molecule has 1 aromatic rings. The molecule has 1 aromatic heterocycles. The summed E-state index contributed by atoms with van der Waals surface area (Å²) in [7, 11) is 0. The predicted molar refractivity (Wildman–Crippen MR) is 75.0 cm³/mol. The quantitative estimate of drug-likeness (QED) is 0.813. The molecular formula is C10H14Br2N4O. The van der Waals surface area contributed by atoms with E-state index in [-0.39, 0.29) is 5.56 Å². The third-order valence-corrected chi connectivity index (χ3v) is 3.92. The Labute approximate surface area is 116 Å². The smallest absolute Gasteiger partial charge is 0.267 e. The van der Waals surface area contributed by atoms with Crippen molar-refractivity contribution in [1.82, 2.24) is 14.9 Å². The summed E-state index contributed by atoms with van der Waals surface area (Å²) >= 11 is 6.74. The van der Waals surface area contributed by atoms with Crippen LogP contribution in [0.5, 0.6) is 0 Å². The maximum atomic E-state index is 11.5. The van der Waals surface area contributed by atoms with Crippen molar-refractivity contribution in [1.29, 1.82) is 0 Å². The third kappa shape index (κ3) is 3.08. The van der Waals surface area contributed by atoms with Crippen molar-refractivity contribution in [3.05, 3.63) is 21.2 Å². The molecule has 2 heterocycles. The van der Waals surface area contributed by atoms with Gasteiger partial charge < -0.3 is 9.88 Å². The Kier molecular flexibility index (Phi) is 4.58. The highest BCUT2D eigenvalue weighted by Gasteiger charge is 2.20. The van der Waals surface area contributed by atoms with Gasteiger partial charge in [-0.3, -0.25) is 9.69 Å². The summed E-state index contributed by atoms with van der Waals surface area (Å²) in [6, 6.07) is 0. The molecule has 17 heavy (non-hydrogen) atoms. The normalized spacial score (nSPS) is 17.4. The Balaban J connectivity index is 2.05. The van der Waals surface area contributed by atoms with Crippen LogP contribution in [-0.2, 0) is 0 Å². The first-order valence-corrected chi connectivity index (χ1v) is 7.40. The minimum absolute atomic E-state index is 0.127. The Morgan fingerprint density at radius 2 is 2.06 bits per heavy atom. The van der Waals surface area contributed by atoms with E-state index in [1.165, 1.54) is 6.33 Å². The van der Waals surface area contributed by atoms with E-state index in [1.54, 1.807) is 0 Å². The van der Waals surface area contributed by atoms with E-state index in [2.05, 4.69) is 51.6 Å². The molecule has 1 saturated heterocycles. The molecule has 1 N–H and O–H groups in total. The van der Waals surface area contributed by atoms with Gasteiger partial charge in [0, 0.05) is 38.1 Å². The van der Waals surface area contributed by atoms with Crippen molar-refractivity contribution < 1.29 is 0 Å². The fourth-order valence-corrected chi connectivity index (χ4v) is 2.87. The predicted octanol–water partition coefficient (Wildman–Crippen LogP) is 1.05. The van der Waals surface area contributed by atoms with Gasteiger partial charge in [-0.05, 0) is 15.9 Å². The number of aromatic amines is 1. The minimum atomic E-state index is -0.127. The third-order valence-electron chi connectivity index (χ3n) is 2.85. The average Bonchev–Trinajstić information content (AvgIpc) is 2.34. The Morgan fingerprint density at radius 1 is 1.35 bits per heavy atom. The molecule has 1 aliphatic rings. The lowest BCUT2D eigenvalue weighted by atomic mass is 10.3. The number of nitrogens with one attached hydrogen (secondary N) is 1. The second-order valence-corrected chi connectivity index (χ2v) is 5.47. The molecule has 7 heteroatoms. The second-order valence-electron chi connectivity index (χ2n) is 3.89. The van der Waals surface area contributed by atoms with Crippen LogP contribution in [0.3, 0.4) is 0 Å². The van der Waals surface area contributed by atoms with Gasteiger partial charge in [-0.15, -0.1) is 0 Å². The number of aromatic nitrogens is 2. The van der Waals surface area contributed by atoms with Crippen molar-refractivity contribution in [2.75, 3.05) is 43.0 Å². The number of alkyl halides is 1. The van der Waals surface area contributed by atoms with Gasteiger partial charge in [0.1, 0.15) is 10.3 Å². The van der Waals surface area contributed by atoms with Crippen LogP contribution in [0.25, 0.3) is 0 Å². The van der Waals surface area contributed by atoms with Gasteiger partial charge in [-0.1, -0.05) is 15.9 Å². The molecule has 1 aliphatic heterocycles. The Bertz CT molecular complexity index is 429. The van der Waals surface area contributed by atoms with E-state index < -0.39 is 0 Å². The number of rotatable bonds is 3. The monoisotopic (exact) mass is 364 g/mol. The number of piperazine rings is 1. The van der Waals surface area contributed by atoms with Crippen LogP contribution in [0, 0.1) is 0 Å². The number of anilines is 1. The van der Waals surface area contributed by atoms with E-state index in [0.29, 0.717) is 4.47 Å². The molecule has 94 valence electrons. The lowest BCUT2D eigenvalue weighted by Crippen LogP contribution is -2.47.